The molecule has 1 saturated heterocycles. The van der Waals surface area contributed by atoms with Crippen molar-refractivity contribution < 1.29 is 19.6 Å². The van der Waals surface area contributed by atoms with Crippen LogP contribution in [0.25, 0.3) is 5.41 Å². The first-order valence-electron chi connectivity index (χ1n) is 8.60. The standard InChI is InChI=1S/C15H13N2O2S2.C4H9NO/c1-3-6-19-15(18)12-9(2)17-14(20)10(8-16)13(12)11-5-4-7-21-11;1-3-6-4-2-5-1/h3-5,7,13H,1,6H2,2H3,(H,17,20);5H,1-4H2/q-1;/p+1. The maximum Gasteiger partial charge on any atom is 0.337 e. The van der Waals surface area contributed by atoms with Gasteiger partial charge in [0, 0.05) is 16.1 Å². The Labute approximate surface area is 168 Å². The van der Waals surface area contributed by atoms with Crippen LogP contribution in [0.4, 0.5) is 0 Å². The van der Waals surface area contributed by atoms with E-state index in [9.17, 15) is 10.2 Å². The molecule has 3 N–H and O–H groups in total. The normalized spacial score (nSPS) is 19.4. The molecule has 3 rings (SSSR count). The summed E-state index contributed by atoms with van der Waals surface area (Å²) in [6, 6.07) is 3.76. The van der Waals surface area contributed by atoms with Gasteiger partial charge in [-0.05, 0) is 18.4 Å². The van der Waals surface area contributed by atoms with Gasteiger partial charge in [0.2, 0.25) is 0 Å². The van der Waals surface area contributed by atoms with E-state index in [2.05, 4.69) is 23.1 Å². The van der Waals surface area contributed by atoms with E-state index >= 15 is 0 Å². The van der Waals surface area contributed by atoms with E-state index in [1.807, 2.05) is 17.5 Å². The Bertz CT molecular complexity index is 750. The lowest BCUT2D eigenvalue weighted by atomic mass is 9.86. The van der Waals surface area contributed by atoms with Crippen LogP contribution in [0.1, 0.15) is 17.7 Å². The van der Waals surface area contributed by atoms with Gasteiger partial charge in [0.05, 0.1) is 37.8 Å². The quantitative estimate of drug-likeness (QED) is 0.261. The van der Waals surface area contributed by atoms with Gasteiger partial charge in [0.1, 0.15) is 11.6 Å². The minimum Gasteiger partial charge on any atom is -0.763 e. The van der Waals surface area contributed by atoms with Gasteiger partial charge in [-0.15, -0.1) is 11.3 Å². The molecule has 1 atom stereocenters. The van der Waals surface area contributed by atoms with Crippen molar-refractivity contribution in [3.8, 4) is 0 Å². The Morgan fingerprint density at radius 2 is 2.33 bits per heavy atom. The largest absolute Gasteiger partial charge is 0.763 e. The highest BCUT2D eigenvalue weighted by Crippen LogP contribution is 2.38. The Kier molecular flexibility index (Phi) is 8.57. The number of nitrogens with zero attached hydrogens (tertiary/aromatic N) is 1. The van der Waals surface area contributed by atoms with Crippen molar-refractivity contribution in [3.63, 3.8) is 0 Å². The molecular weight excluding hydrogens is 382 g/mol. The van der Waals surface area contributed by atoms with Crippen LogP contribution >= 0.6 is 23.6 Å². The number of morpholine rings is 1. The highest BCUT2D eigenvalue weighted by molar-refractivity contribution is 7.80. The van der Waals surface area contributed by atoms with Crippen LogP contribution in [0, 0.1) is 0 Å². The number of carbonyl (C=O) groups is 1. The molecule has 3 heterocycles. The van der Waals surface area contributed by atoms with Gasteiger partial charge in [-0.3, -0.25) is 5.87 Å². The van der Waals surface area contributed by atoms with Gasteiger partial charge in [-0.2, -0.15) is 0 Å². The molecule has 1 unspecified atom stereocenters. The first-order valence-corrected chi connectivity index (χ1v) is 9.88. The summed E-state index contributed by atoms with van der Waals surface area (Å²) in [7, 11) is 0. The lowest BCUT2D eigenvalue weighted by Crippen LogP contribution is -2.87. The SMILES string of the molecule is C1COCC[NH2+]1.C=CCOC(=O)C1=C(C)NC(=S)C(=C=[N-])C1c1cccs1. The minimum absolute atomic E-state index is 0.124. The molecule has 0 aromatic carbocycles. The van der Waals surface area contributed by atoms with Crippen LogP contribution in [-0.2, 0) is 14.3 Å². The Balaban J connectivity index is 0.000000369. The van der Waals surface area contributed by atoms with Crippen LogP contribution in [0.3, 0.4) is 0 Å². The number of allylic oxidation sites excluding steroid dienone is 1. The van der Waals surface area contributed by atoms with Crippen LogP contribution < -0.4 is 10.6 Å². The molecule has 1 aromatic heterocycles. The summed E-state index contributed by atoms with van der Waals surface area (Å²) in [4.78, 5) is 13.6. The van der Waals surface area contributed by atoms with Crippen molar-refractivity contribution in [1.29, 1.82) is 0 Å². The number of thiocarbonyl (C=S) groups is 1. The molecule has 2 aliphatic heterocycles. The van der Waals surface area contributed by atoms with E-state index in [-0.39, 0.29) is 6.61 Å². The van der Waals surface area contributed by atoms with Crippen LogP contribution in [0.5, 0.6) is 0 Å². The number of ether oxygens (including phenoxy) is 2. The van der Waals surface area contributed by atoms with Crippen LogP contribution in [0.2, 0.25) is 0 Å². The molecule has 0 aliphatic carbocycles. The first kappa shape index (κ1) is 21.2. The fourth-order valence-corrected chi connectivity index (χ4v) is 3.88. The molecule has 0 spiro atoms. The number of thiophene rings is 1. The van der Waals surface area contributed by atoms with E-state index in [4.69, 9.17) is 21.7 Å². The summed E-state index contributed by atoms with van der Waals surface area (Å²) in [6.07, 6.45) is 1.50. The summed E-state index contributed by atoms with van der Waals surface area (Å²) in [5.74, 6) is 1.18. The van der Waals surface area contributed by atoms with Gasteiger partial charge < -0.3 is 25.5 Å². The van der Waals surface area contributed by atoms with Crippen molar-refractivity contribution in [2.45, 2.75) is 12.8 Å². The number of hydrogen-bond acceptors (Lipinski definition) is 5. The summed E-state index contributed by atoms with van der Waals surface area (Å²) in [5, 5.41) is 16.5. The average molecular weight is 406 g/mol. The Morgan fingerprint density at radius 3 is 2.81 bits per heavy atom. The molecule has 0 bridgehead atoms. The van der Waals surface area contributed by atoms with Gasteiger partial charge in [0.15, 0.2) is 0 Å². The molecule has 2 aliphatic rings. The molecular formula is C19H23N3O3S2. The Hall–Kier alpha value is -2.09. The molecule has 0 saturated carbocycles. The highest BCUT2D eigenvalue weighted by Gasteiger charge is 2.35. The maximum atomic E-state index is 12.3. The average Bonchev–Trinajstić information content (AvgIpc) is 3.22. The molecule has 0 radical (unpaired) electrons. The van der Waals surface area contributed by atoms with Gasteiger partial charge in [0.25, 0.3) is 0 Å². The zero-order chi connectivity index (χ0) is 19.6. The summed E-state index contributed by atoms with van der Waals surface area (Å²) < 4.78 is 10.2. The second-order valence-electron chi connectivity index (χ2n) is 5.83. The van der Waals surface area contributed by atoms with Gasteiger partial charge >= 0.3 is 5.97 Å². The number of hydrogen-bond donors (Lipinski definition) is 2. The zero-order valence-electron chi connectivity index (χ0n) is 15.2. The lowest BCUT2D eigenvalue weighted by Gasteiger charge is -2.29. The number of nitrogens with two attached hydrogens (primary N) is 1. The van der Waals surface area contributed by atoms with Crippen molar-refractivity contribution in [2.75, 3.05) is 32.9 Å². The third-order valence-corrected chi connectivity index (χ3v) is 5.22. The molecule has 1 aromatic rings. The predicted octanol–water partition coefficient (Wildman–Crippen LogP) is 1.51. The molecule has 27 heavy (non-hydrogen) atoms. The number of rotatable bonds is 4. The third-order valence-electron chi connectivity index (χ3n) is 3.96. The van der Waals surface area contributed by atoms with E-state index < -0.39 is 11.9 Å². The van der Waals surface area contributed by atoms with Crippen LogP contribution in [0.15, 0.2) is 47.0 Å². The smallest absolute Gasteiger partial charge is 0.337 e. The minimum atomic E-state index is -0.471. The fourth-order valence-electron chi connectivity index (χ4n) is 2.72. The van der Waals surface area contributed by atoms with E-state index in [0.29, 0.717) is 21.8 Å². The second kappa shape index (κ2) is 10.9. The highest BCUT2D eigenvalue weighted by atomic mass is 32.1. The summed E-state index contributed by atoms with van der Waals surface area (Å²) in [6.45, 7) is 9.60. The predicted molar refractivity (Wildman–Crippen MR) is 111 cm³/mol. The third kappa shape index (κ3) is 5.69. The van der Waals surface area contributed by atoms with Gasteiger partial charge in [-0.25, -0.2) is 4.79 Å². The van der Waals surface area contributed by atoms with Crippen molar-refractivity contribution in [1.82, 2.24) is 5.32 Å². The summed E-state index contributed by atoms with van der Waals surface area (Å²) in [5.41, 5.74) is 1.40. The molecule has 1 fully saturated rings. The molecule has 0 amide bonds. The zero-order valence-corrected chi connectivity index (χ0v) is 16.8. The number of quaternary nitrogens is 1. The topological polar surface area (TPSA) is 86.5 Å². The maximum absolute atomic E-state index is 12.3. The van der Waals surface area contributed by atoms with Crippen LogP contribution in [-0.4, -0.2) is 49.7 Å². The van der Waals surface area contributed by atoms with E-state index in [1.165, 1.54) is 17.4 Å². The van der Waals surface area contributed by atoms with E-state index in [0.717, 1.165) is 31.2 Å². The van der Waals surface area contributed by atoms with E-state index in [1.54, 1.807) is 6.92 Å². The number of esters is 1. The monoisotopic (exact) mass is 405 g/mol. The van der Waals surface area contributed by atoms with Gasteiger partial charge in [-0.1, -0.05) is 30.9 Å². The fraction of sp³-hybridized carbons (Fsp3) is 0.368. The molecule has 8 heteroatoms. The van der Waals surface area contributed by atoms with Crippen molar-refractivity contribution >= 4 is 40.4 Å². The second-order valence-corrected chi connectivity index (χ2v) is 7.22. The number of carbonyl (C=O) groups excluding carboxylic acids is 1. The van der Waals surface area contributed by atoms with Crippen molar-refractivity contribution in [3.05, 3.63) is 57.3 Å². The van der Waals surface area contributed by atoms with Crippen molar-refractivity contribution in [2.24, 2.45) is 0 Å². The number of nitrogens with one attached hydrogen (secondary N) is 1. The Morgan fingerprint density at radius 1 is 1.59 bits per heavy atom. The first-order chi connectivity index (χ1) is 13.1. The summed E-state index contributed by atoms with van der Waals surface area (Å²) >= 11 is 6.69. The molecule has 144 valence electrons. The lowest BCUT2D eigenvalue weighted by molar-refractivity contribution is -0.670. The molecule has 6 nitrogen and oxygen atoms in total.